The number of carbonyl (C=O) groups is 1. The number of carbonyl (C=O) groups excluding carboxylic acids is 1. The average molecular weight is 489 g/mol. The van der Waals surface area contributed by atoms with E-state index in [1.54, 1.807) is 6.07 Å². The van der Waals surface area contributed by atoms with Gasteiger partial charge in [0.25, 0.3) is 5.91 Å². The molecular weight excluding hydrogens is 470 g/mol. The highest BCUT2D eigenvalue weighted by Gasteiger charge is 2.20. The summed E-state index contributed by atoms with van der Waals surface area (Å²) in [5, 5.41) is 11.0. The molecule has 1 amide bonds. The Morgan fingerprint density at radius 1 is 1.23 bits per heavy atom. The zero-order chi connectivity index (χ0) is 21.8. The van der Waals surface area contributed by atoms with E-state index in [-0.39, 0.29) is 28.1 Å². The van der Waals surface area contributed by atoms with Gasteiger partial charge in [-0.1, -0.05) is 22.7 Å². The van der Waals surface area contributed by atoms with Crippen LogP contribution in [0.3, 0.4) is 0 Å². The van der Waals surface area contributed by atoms with Crippen molar-refractivity contribution >= 4 is 67.4 Å². The second kappa shape index (κ2) is 10.7. The fourth-order valence-corrected chi connectivity index (χ4v) is 4.44. The van der Waals surface area contributed by atoms with Crippen molar-refractivity contribution in [2.45, 2.75) is 6.42 Å². The van der Waals surface area contributed by atoms with E-state index in [1.807, 2.05) is 19.0 Å². The van der Waals surface area contributed by atoms with Crippen molar-refractivity contribution in [3.63, 3.8) is 0 Å². The molecule has 0 radical (unpaired) electrons. The molecule has 0 atom stereocenters. The van der Waals surface area contributed by atoms with Crippen molar-refractivity contribution in [1.82, 2.24) is 9.88 Å². The van der Waals surface area contributed by atoms with Crippen molar-refractivity contribution < 1.29 is 18.5 Å². The predicted molar refractivity (Wildman–Crippen MR) is 122 cm³/mol. The van der Waals surface area contributed by atoms with E-state index in [9.17, 15) is 23.7 Å². The predicted octanol–water partition coefficient (Wildman–Crippen LogP) is 4.96. The number of nitro groups is 1. The molecule has 0 aliphatic carbocycles. The SMILES string of the molecule is CN(C)CCCN(C(=O)C=Cc1ccc([N+](=O)[O-])s1)c1nc2c(F)cc(F)cc2s1.Cl. The minimum atomic E-state index is -0.783. The number of rotatable bonds is 8. The third kappa shape index (κ3) is 6.26. The molecule has 0 bridgehead atoms. The van der Waals surface area contributed by atoms with Crippen LogP contribution < -0.4 is 4.90 Å². The first-order valence-corrected chi connectivity index (χ1v) is 10.5. The number of nitrogens with zero attached hydrogens (tertiary/aromatic N) is 4. The third-order valence-corrected chi connectivity index (χ3v) is 6.10. The van der Waals surface area contributed by atoms with Crippen LogP contribution >= 0.6 is 35.1 Å². The summed E-state index contributed by atoms with van der Waals surface area (Å²) in [6.07, 6.45) is 3.44. The summed E-state index contributed by atoms with van der Waals surface area (Å²) >= 11 is 1.98. The largest absolute Gasteiger partial charge is 0.324 e. The molecule has 31 heavy (non-hydrogen) atoms. The van der Waals surface area contributed by atoms with Crippen molar-refractivity contribution in [1.29, 1.82) is 0 Å². The number of thiazole rings is 1. The lowest BCUT2D eigenvalue weighted by atomic mass is 10.3. The van der Waals surface area contributed by atoms with E-state index >= 15 is 0 Å². The molecule has 0 spiro atoms. The maximum atomic E-state index is 14.0. The summed E-state index contributed by atoms with van der Waals surface area (Å²) in [7, 11) is 3.82. The number of hydrogen-bond acceptors (Lipinski definition) is 7. The van der Waals surface area contributed by atoms with E-state index in [2.05, 4.69) is 4.98 Å². The van der Waals surface area contributed by atoms with Gasteiger partial charge in [0.1, 0.15) is 11.3 Å². The molecule has 2 aromatic heterocycles. The standard InChI is InChI=1S/C19H18F2N4O3S2.ClH/c1-23(2)8-3-9-24(16(26)6-4-13-5-7-17(29-13)25(27)28)19-22-18-14(21)10-12(20)11-15(18)30-19;/h4-7,10-11H,3,8-9H2,1-2H3;1H. The molecule has 0 saturated heterocycles. The van der Waals surface area contributed by atoms with Crippen molar-refractivity contribution in [3.8, 4) is 0 Å². The van der Waals surface area contributed by atoms with Crippen molar-refractivity contribution in [2.24, 2.45) is 0 Å². The van der Waals surface area contributed by atoms with E-state index in [4.69, 9.17) is 0 Å². The van der Waals surface area contributed by atoms with Crippen LogP contribution in [0.1, 0.15) is 11.3 Å². The van der Waals surface area contributed by atoms with Gasteiger partial charge in [0.2, 0.25) is 0 Å². The van der Waals surface area contributed by atoms with Gasteiger partial charge in [-0.15, -0.1) is 12.4 Å². The quantitative estimate of drug-likeness (QED) is 0.254. The summed E-state index contributed by atoms with van der Waals surface area (Å²) < 4.78 is 27.9. The number of fused-ring (bicyclic) bond motifs is 1. The van der Waals surface area contributed by atoms with Crippen LogP contribution in [0.4, 0.5) is 18.9 Å². The van der Waals surface area contributed by atoms with E-state index in [1.165, 1.54) is 29.2 Å². The average Bonchev–Trinajstić information content (AvgIpc) is 3.30. The number of aromatic nitrogens is 1. The molecule has 12 heteroatoms. The summed E-state index contributed by atoms with van der Waals surface area (Å²) in [6.45, 7) is 1.05. The van der Waals surface area contributed by atoms with Crippen LogP contribution in [0, 0.1) is 21.7 Å². The van der Waals surface area contributed by atoms with E-state index in [0.717, 1.165) is 35.3 Å². The van der Waals surface area contributed by atoms with Gasteiger partial charge in [-0.3, -0.25) is 19.8 Å². The molecule has 166 valence electrons. The molecular formula is C19H19ClF2N4O3S2. The van der Waals surface area contributed by atoms with Gasteiger partial charge in [0, 0.05) is 29.6 Å². The van der Waals surface area contributed by atoms with E-state index < -0.39 is 22.5 Å². The number of benzene rings is 1. The van der Waals surface area contributed by atoms with Crippen LogP contribution in [-0.2, 0) is 4.79 Å². The fourth-order valence-electron chi connectivity index (χ4n) is 2.68. The molecule has 0 N–H and O–H groups in total. The smallest absolute Gasteiger partial charge is 0.309 e. The monoisotopic (exact) mass is 488 g/mol. The molecule has 3 aromatic rings. The topological polar surface area (TPSA) is 79.6 Å². The van der Waals surface area contributed by atoms with Gasteiger partial charge in [0.05, 0.1) is 9.62 Å². The van der Waals surface area contributed by atoms with Crippen LogP contribution in [0.15, 0.2) is 30.3 Å². The number of thiophene rings is 1. The normalized spacial score (nSPS) is 11.3. The number of anilines is 1. The van der Waals surface area contributed by atoms with Gasteiger partial charge in [-0.2, -0.15) is 0 Å². The molecule has 0 saturated carbocycles. The van der Waals surface area contributed by atoms with Gasteiger partial charge >= 0.3 is 5.00 Å². The van der Waals surface area contributed by atoms with Crippen LogP contribution in [0.5, 0.6) is 0 Å². The highest BCUT2D eigenvalue weighted by molar-refractivity contribution is 7.22. The first-order chi connectivity index (χ1) is 14.2. The Bertz CT molecular complexity index is 1120. The Kier molecular flexibility index (Phi) is 8.57. The zero-order valence-electron chi connectivity index (χ0n) is 16.6. The third-order valence-electron chi connectivity index (χ3n) is 4.07. The van der Waals surface area contributed by atoms with E-state index in [0.29, 0.717) is 22.5 Å². The Hall–Kier alpha value is -2.47. The highest BCUT2D eigenvalue weighted by atomic mass is 35.5. The molecule has 0 aliphatic heterocycles. The second-order valence-electron chi connectivity index (χ2n) is 6.64. The molecule has 7 nitrogen and oxygen atoms in total. The fraction of sp³-hybridized carbons (Fsp3) is 0.263. The van der Waals surface area contributed by atoms with Gasteiger partial charge < -0.3 is 4.90 Å². The van der Waals surface area contributed by atoms with Gasteiger partial charge in [0.15, 0.2) is 10.9 Å². The molecule has 0 aliphatic rings. The molecule has 0 fully saturated rings. The molecule has 1 aromatic carbocycles. The lowest BCUT2D eigenvalue weighted by Gasteiger charge is -2.19. The number of amides is 1. The lowest BCUT2D eigenvalue weighted by Crippen LogP contribution is -2.32. The van der Waals surface area contributed by atoms with Crippen molar-refractivity contribution in [3.05, 3.63) is 57.0 Å². The van der Waals surface area contributed by atoms with Gasteiger partial charge in [-0.05, 0) is 45.3 Å². The van der Waals surface area contributed by atoms with Crippen LogP contribution in [0.2, 0.25) is 0 Å². The van der Waals surface area contributed by atoms with Crippen LogP contribution in [0.25, 0.3) is 16.3 Å². The maximum absolute atomic E-state index is 14.0. The highest BCUT2D eigenvalue weighted by Crippen LogP contribution is 2.32. The molecule has 3 rings (SSSR count). The minimum absolute atomic E-state index is 0. The van der Waals surface area contributed by atoms with Crippen LogP contribution in [-0.4, -0.2) is 47.9 Å². The Morgan fingerprint density at radius 2 is 1.97 bits per heavy atom. The van der Waals surface area contributed by atoms with Crippen molar-refractivity contribution in [2.75, 3.05) is 32.1 Å². The number of hydrogen-bond donors (Lipinski definition) is 0. The Labute approximate surface area is 191 Å². The minimum Gasteiger partial charge on any atom is -0.309 e. The summed E-state index contributed by atoms with van der Waals surface area (Å²) in [4.78, 5) is 31.3. The summed E-state index contributed by atoms with van der Waals surface area (Å²) in [6, 6.07) is 4.86. The summed E-state index contributed by atoms with van der Waals surface area (Å²) in [5.74, 6) is -1.89. The second-order valence-corrected chi connectivity index (χ2v) is 8.75. The Morgan fingerprint density at radius 3 is 2.61 bits per heavy atom. The maximum Gasteiger partial charge on any atom is 0.324 e. The molecule has 0 unspecified atom stereocenters. The Balaban J connectivity index is 0.00000341. The number of halogens is 3. The summed E-state index contributed by atoms with van der Waals surface area (Å²) in [5.41, 5.74) is 0.0136. The first-order valence-electron chi connectivity index (χ1n) is 8.88. The van der Waals surface area contributed by atoms with Gasteiger partial charge in [-0.25, -0.2) is 13.8 Å². The molecule has 2 heterocycles. The first kappa shape index (κ1) is 24.8. The lowest BCUT2D eigenvalue weighted by molar-refractivity contribution is -0.380. The zero-order valence-corrected chi connectivity index (χ0v) is 19.0.